The summed E-state index contributed by atoms with van der Waals surface area (Å²) in [4.78, 5) is 15.0. The number of benzene rings is 1. The molecule has 0 unspecified atom stereocenters. The van der Waals surface area contributed by atoms with Gasteiger partial charge in [0.05, 0.1) is 5.56 Å². The van der Waals surface area contributed by atoms with E-state index in [0.717, 1.165) is 5.56 Å². The van der Waals surface area contributed by atoms with Crippen LogP contribution in [0.25, 0.3) is 0 Å². The van der Waals surface area contributed by atoms with Gasteiger partial charge in [0, 0.05) is 6.07 Å². The van der Waals surface area contributed by atoms with Gasteiger partial charge in [0.2, 0.25) is 5.88 Å². The molecule has 20 heavy (non-hydrogen) atoms. The fraction of sp³-hybridized carbons (Fsp3) is 0.200. The van der Waals surface area contributed by atoms with Crippen molar-refractivity contribution >= 4 is 17.6 Å². The zero-order chi connectivity index (χ0) is 14.7. The Morgan fingerprint density at radius 3 is 2.65 bits per heavy atom. The maximum absolute atomic E-state index is 11.0. The third kappa shape index (κ3) is 3.27. The summed E-state index contributed by atoms with van der Waals surface area (Å²) in [6.45, 7) is 4.10. The summed E-state index contributed by atoms with van der Waals surface area (Å²) in [7, 11) is 0. The fourth-order valence-corrected chi connectivity index (χ4v) is 2.01. The summed E-state index contributed by atoms with van der Waals surface area (Å²) < 4.78 is 5.68. The molecule has 1 heterocycles. The molecule has 0 spiro atoms. The maximum atomic E-state index is 11.0. The molecule has 0 radical (unpaired) electrons. The van der Waals surface area contributed by atoms with E-state index in [4.69, 9.17) is 21.4 Å². The average Bonchev–Trinajstić information content (AvgIpc) is 2.38. The Bertz CT molecular complexity index is 641. The molecule has 0 aliphatic carbocycles. The van der Waals surface area contributed by atoms with E-state index in [9.17, 15) is 4.79 Å². The Kier molecular flexibility index (Phi) is 4.25. The van der Waals surface area contributed by atoms with Gasteiger partial charge in [0.25, 0.3) is 0 Å². The Morgan fingerprint density at radius 1 is 1.30 bits per heavy atom. The van der Waals surface area contributed by atoms with Crippen LogP contribution in [0.3, 0.4) is 0 Å². The number of pyridine rings is 1. The van der Waals surface area contributed by atoms with E-state index < -0.39 is 5.97 Å². The molecule has 0 fully saturated rings. The summed E-state index contributed by atoms with van der Waals surface area (Å²) in [5.41, 5.74) is 1.06. The molecule has 0 saturated carbocycles. The number of carboxylic acids is 1. The summed E-state index contributed by atoms with van der Waals surface area (Å²) in [6.07, 6.45) is 0. The molecule has 0 atom stereocenters. The number of para-hydroxylation sites is 1. The van der Waals surface area contributed by atoms with Gasteiger partial charge in [-0.25, -0.2) is 9.78 Å². The second kappa shape index (κ2) is 5.92. The topological polar surface area (TPSA) is 59.4 Å². The number of carbonyl (C=O) groups is 1. The van der Waals surface area contributed by atoms with Crippen molar-refractivity contribution in [3.63, 3.8) is 0 Å². The van der Waals surface area contributed by atoms with Crippen molar-refractivity contribution in [1.82, 2.24) is 4.98 Å². The second-order valence-corrected chi connectivity index (χ2v) is 5.00. The summed E-state index contributed by atoms with van der Waals surface area (Å²) >= 11 is 5.81. The Balaban J connectivity index is 2.37. The smallest absolute Gasteiger partial charge is 0.335 e. The van der Waals surface area contributed by atoms with Crippen molar-refractivity contribution in [3.05, 3.63) is 52.7 Å². The van der Waals surface area contributed by atoms with E-state index in [1.54, 1.807) is 0 Å². The van der Waals surface area contributed by atoms with Gasteiger partial charge in [-0.2, -0.15) is 0 Å². The second-order valence-electron chi connectivity index (χ2n) is 4.62. The molecule has 2 aromatic rings. The van der Waals surface area contributed by atoms with Crippen LogP contribution in [-0.4, -0.2) is 16.1 Å². The molecule has 0 saturated heterocycles. The van der Waals surface area contributed by atoms with E-state index in [1.165, 1.54) is 12.1 Å². The number of halogens is 1. The van der Waals surface area contributed by atoms with Crippen LogP contribution in [0, 0.1) is 0 Å². The highest BCUT2D eigenvalue weighted by Gasteiger charge is 2.12. The van der Waals surface area contributed by atoms with Crippen molar-refractivity contribution in [2.75, 3.05) is 0 Å². The zero-order valence-electron chi connectivity index (χ0n) is 11.1. The number of aromatic carboxylic acids is 1. The minimum absolute atomic E-state index is 0.0435. The molecule has 0 aliphatic heterocycles. The number of rotatable bonds is 4. The predicted octanol–water partition coefficient (Wildman–Crippen LogP) is 4.35. The SMILES string of the molecule is CC(C)c1ccccc1Oc1cc(C(=O)O)cc(Cl)n1. The highest BCUT2D eigenvalue weighted by Crippen LogP contribution is 2.30. The van der Waals surface area contributed by atoms with E-state index >= 15 is 0 Å². The Labute approximate surface area is 122 Å². The van der Waals surface area contributed by atoms with Gasteiger partial charge < -0.3 is 9.84 Å². The van der Waals surface area contributed by atoms with Gasteiger partial charge in [0.15, 0.2) is 0 Å². The van der Waals surface area contributed by atoms with Gasteiger partial charge in [-0.3, -0.25) is 0 Å². The number of ether oxygens (including phenoxy) is 1. The molecule has 104 valence electrons. The lowest BCUT2D eigenvalue weighted by Crippen LogP contribution is -2.00. The van der Waals surface area contributed by atoms with Gasteiger partial charge in [-0.05, 0) is 23.6 Å². The standard InChI is InChI=1S/C15H14ClNO3/c1-9(2)11-5-3-4-6-12(11)20-14-8-10(15(18)19)7-13(16)17-14/h3-9H,1-2H3,(H,18,19). The highest BCUT2D eigenvalue weighted by molar-refractivity contribution is 6.29. The van der Waals surface area contributed by atoms with Crippen LogP contribution in [0.2, 0.25) is 5.15 Å². The molecule has 0 aliphatic rings. The van der Waals surface area contributed by atoms with E-state index in [0.29, 0.717) is 5.75 Å². The minimum Gasteiger partial charge on any atom is -0.478 e. The number of aromatic nitrogens is 1. The van der Waals surface area contributed by atoms with Crippen LogP contribution < -0.4 is 4.74 Å². The lowest BCUT2D eigenvalue weighted by Gasteiger charge is -2.13. The molecule has 1 aromatic heterocycles. The molecular formula is C15H14ClNO3. The van der Waals surface area contributed by atoms with Crippen LogP contribution >= 0.6 is 11.6 Å². The zero-order valence-corrected chi connectivity index (χ0v) is 11.9. The van der Waals surface area contributed by atoms with Crippen LogP contribution in [0.5, 0.6) is 11.6 Å². The Hall–Kier alpha value is -2.07. The molecule has 4 nitrogen and oxygen atoms in total. The van der Waals surface area contributed by atoms with E-state index in [-0.39, 0.29) is 22.5 Å². The van der Waals surface area contributed by atoms with Gasteiger partial charge in [-0.15, -0.1) is 0 Å². The summed E-state index contributed by atoms with van der Waals surface area (Å²) in [5, 5.41) is 9.09. The Morgan fingerprint density at radius 2 is 2.00 bits per heavy atom. The molecule has 0 bridgehead atoms. The van der Waals surface area contributed by atoms with Crippen LogP contribution in [0.1, 0.15) is 35.7 Å². The van der Waals surface area contributed by atoms with Crippen molar-refractivity contribution in [1.29, 1.82) is 0 Å². The van der Waals surface area contributed by atoms with E-state index in [1.807, 2.05) is 24.3 Å². The maximum Gasteiger partial charge on any atom is 0.335 e. The predicted molar refractivity (Wildman–Crippen MR) is 76.8 cm³/mol. The van der Waals surface area contributed by atoms with Gasteiger partial charge in [-0.1, -0.05) is 43.6 Å². The van der Waals surface area contributed by atoms with Crippen molar-refractivity contribution < 1.29 is 14.6 Å². The fourth-order valence-electron chi connectivity index (χ4n) is 1.81. The van der Waals surface area contributed by atoms with Gasteiger partial charge >= 0.3 is 5.97 Å². The lowest BCUT2D eigenvalue weighted by molar-refractivity contribution is 0.0696. The first-order valence-corrected chi connectivity index (χ1v) is 6.53. The van der Waals surface area contributed by atoms with Crippen molar-refractivity contribution in [2.24, 2.45) is 0 Å². The molecule has 2 rings (SSSR count). The largest absolute Gasteiger partial charge is 0.478 e. The van der Waals surface area contributed by atoms with Crippen molar-refractivity contribution in [3.8, 4) is 11.6 Å². The van der Waals surface area contributed by atoms with Crippen LogP contribution in [0.15, 0.2) is 36.4 Å². The van der Waals surface area contributed by atoms with E-state index in [2.05, 4.69) is 18.8 Å². The summed E-state index contributed by atoms with van der Waals surface area (Å²) in [6, 6.07) is 10.2. The molecular weight excluding hydrogens is 278 g/mol. The normalized spacial score (nSPS) is 10.6. The minimum atomic E-state index is -1.07. The summed E-state index contributed by atoms with van der Waals surface area (Å²) in [5.74, 6) is 0.0252. The number of nitrogens with zero attached hydrogens (tertiary/aromatic N) is 1. The van der Waals surface area contributed by atoms with Gasteiger partial charge in [0.1, 0.15) is 10.9 Å². The first-order chi connectivity index (χ1) is 9.47. The average molecular weight is 292 g/mol. The third-order valence-electron chi connectivity index (χ3n) is 2.77. The van der Waals surface area contributed by atoms with Crippen LogP contribution in [0.4, 0.5) is 0 Å². The highest BCUT2D eigenvalue weighted by atomic mass is 35.5. The number of carboxylic acid groups (broad SMARTS) is 1. The third-order valence-corrected chi connectivity index (χ3v) is 2.97. The number of hydrogen-bond acceptors (Lipinski definition) is 3. The monoisotopic (exact) mass is 291 g/mol. The number of hydrogen-bond donors (Lipinski definition) is 1. The lowest BCUT2D eigenvalue weighted by atomic mass is 10.0. The van der Waals surface area contributed by atoms with Crippen LogP contribution in [-0.2, 0) is 0 Å². The van der Waals surface area contributed by atoms with Crippen molar-refractivity contribution in [2.45, 2.75) is 19.8 Å². The molecule has 0 amide bonds. The molecule has 1 aromatic carbocycles. The molecule has 5 heteroatoms. The first-order valence-electron chi connectivity index (χ1n) is 6.15. The first kappa shape index (κ1) is 14.3. The molecule has 1 N–H and O–H groups in total. The quantitative estimate of drug-likeness (QED) is 0.851.